The third-order valence-corrected chi connectivity index (χ3v) is 6.68. The molecule has 2 aliphatic rings. The van der Waals surface area contributed by atoms with Gasteiger partial charge in [0.25, 0.3) is 5.91 Å². The summed E-state index contributed by atoms with van der Waals surface area (Å²) >= 11 is 0. The third-order valence-electron chi connectivity index (χ3n) is 6.68. The minimum atomic E-state index is -0.221. The Hall–Kier alpha value is -3.29. The predicted molar refractivity (Wildman–Crippen MR) is 124 cm³/mol. The molecule has 33 heavy (non-hydrogen) atoms. The normalized spacial score (nSPS) is 18.3. The van der Waals surface area contributed by atoms with Crippen LogP contribution in [0.2, 0.25) is 0 Å². The van der Waals surface area contributed by atoms with Crippen LogP contribution in [0.3, 0.4) is 0 Å². The van der Waals surface area contributed by atoms with Gasteiger partial charge in [0, 0.05) is 56.6 Å². The molecule has 0 saturated carbocycles. The van der Waals surface area contributed by atoms with Gasteiger partial charge in [-0.15, -0.1) is 0 Å². The number of likely N-dealkylation sites (tertiary alicyclic amines) is 1. The number of nitrogens with zero attached hydrogens (tertiary/aromatic N) is 6. The maximum atomic E-state index is 13.3. The highest BCUT2D eigenvalue weighted by molar-refractivity contribution is 5.93. The van der Waals surface area contributed by atoms with Crippen molar-refractivity contribution in [3.63, 3.8) is 0 Å². The number of carbonyl (C=O) groups is 1. The van der Waals surface area contributed by atoms with Crippen LogP contribution in [-0.4, -0.2) is 50.2 Å². The van der Waals surface area contributed by atoms with Crippen LogP contribution in [0.1, 0.15) is 58.2 Å². The molecule has 1 amide bonds. The predicted octanol–water partition coefficient (Wildman–Crippen LogP) is 3.63. The van der Waals surface area contributed by atoms with Gasteiger partial charge in [-0.3, -0.25) is 9.48 Å². The van der Waals surface area contributed by atoms with Gasteiger partial charge in [0.2, 0.25) is 0 Å². The first-order chi connectivity index (χ1) is 16.0. The molecule has 0 spiro atoms. The maximum absolute atomic E-state index is 13.3. The van der Waals surface area contributed by atoms with Crippen LogP contribution < -0.4 is 4.90 Å². The first-order valence-corrected chi connectivity index (χ1v) is 11.6. The number of aromatic nitrogens is 4. The highest BCUT2D eigenvalue weighted by atomic mass is 19.1. The van der Waals surface area contributed by atoms with Crippen molar-refractivity contribution in [2.24, 2.45) is 7.05 Å². The van der Waals surface area contributed by atoms with Gasteiger partial charge in [-0.1, -0.05) is 12.1 Å². The molecule has 0 radical (unpaired) electrons. The molecule has 1 fully saturated rings. The molecule has 2 aliphatic heterocycles. The molecule has 0 aliphatic carbocycles. The fourth-order valence-corrected chi connectivity index (χ4v) is 4.94. The number of aryl methyl sites for hydroxylation is 2. The van der Waals surface area contributed by atoms with E-state index in [1.807, 2.05) is 24.1 Å². The summed E-state index contributed by atoms with van der Waals surface area (Å²) in [6.45, 7) is 5.03. The number of rotatable bonds is 4. The zero-order valence-corrected chi connectivity index (χ0v) is 19.2. The van der Waals surface area contributed by atoms with E-state index in [0.717, 1.165) is 61.7 Å². The average Bonchev–Trinajstić information content (AvgIpc) is 3.27. The molecule has 4 heterocycles. The number of hydrogen-bond acceptors (Lipinski definition) is 5. The molecule has 8 heteroatoms. The zero-order valence-electron chi connectivity index (χ0n) is 19.2. The molecule has 0 bridgehead atoms. The Labute approximate surface area is 193 Å². The van der Waals surface area contributed by atoms with Crippen LogP contribution in [-0.2, 0) is 20.0 Å². The summed E-state index contributed by atoms with van der Waals surface area (Å²) in [5.74, 6) is 1.71. The second-order valence-electron chi connectivity index (χ2n) is 9.11. The van der Waals surface area contributed by atoms with E-state index in [1.165, 1.54) is 17.7 Å². The average molecular weight is 449 g/mol. The molecule has 172 valence electrons. The van der Waals surface area contributed by atoms with Gasteiger partial charge >= 0.3 is 0 Å². The van der Waals surface area contributed by atoms with E-state index in [4.69, 9.17) is 9.97 Å². The lowest BCUT2D eigenvalue weighted by atomic mass is 9.95. The van der Waals surface area contributed by atoms with Crippen LogP contribution in [0, 0.1) is 12.7 Å². The Morgan fingerprint density at radius 2 is 1.97 bits per heavy atom. The van der Waals surface area contributed by atoms with Gasteiger partial charge in [0.1, 0.15) is 17.5 Å². The molecule has 2 aromatic heterocycles. The van der Waals surface area contributed by atoms with Crippen molar-refractivity contribution in [1.82, 2.24) is 24.6 Å². The van der Waals surface area contributed by atoms with Crippen molar-refractivity contribution in [1.29, 1.82) is 0 Å². The summed E-state index contributed by atoms with van der Waals surface area (Å²) in [5, 5.41) is 4.14. The number of halogens is 1. The third kappa shape index (κ3) is 4.47. The topological polar surface area (TPSA) is 67.2 Å². The van der Waals surface area contributed by atoms with Crippen LogP contribution in [0.15, 0.2) is 36.7 Å². The Balaban J connectivity index is 1.39. The lowest BCUT2D eigenvalue weighted by Gasteiger charge is -2.34. The van der Waals surface area contributed by atoms with Crippen LogP contribution in [0.4, 0.5) is 10.2 Å². The molecule has 5 rings (SSSR count). The lowest BCUT2D eigenvalue weighted by molar-refractivity contribution is 0.0704. The Morgan fingerprint density at radius 3 is 2.73 bits per heavy atom. The summed E-state index contributed by atoms with van der Waals surface area (Å²) in [4.78, 5) is 27.1. The minimum Gasteiger partial charge on any atom is -0.352 e. The number of benzene rings is 1. The van der Waals surface area contributed by atoms with E-state index in [-0.39, 0.29) is 17.6 Å². The summed E-state index contributed by atoms with van der Waals surface area (Å²) < 4.78 is 15.0. The minimum absolute atomic E-state index is 0.0143. The van der Waals surface area contributed by atoms with Crippen molar-refractivity contribution in [3.05, 3.63) is 70.7 Å². The molecule has 0 unspecified atom stereocenters. The van der Waals surface area contributed by atoms with Crippen molar-refractivity contribution in [2.75, 3.05) is 24.5 Å². The molecular formula is C25H29FN6O. The van der Waals surface area contributed by atoms with Gasteiger partial charge in [-0.2, -0.15) is 5.10 Å². The van der Waals surface area contributed by atoms with E-state index < -0.39 is 0 Å². The van der Waals surface area contributed by atoms with Gasteiger partial charge in [0.15, 0.2) is 0 Å². The quantitative estimate of drug-likeness (QED) is 0.610. The number of fused-ring (bicyclic) bond motifs is 1. The van der Waals surface area contributed by atoms with Crippen molar-refractivity contribution in [2.45, 2.75) is 45.1 Å². The van der Waals surface area contributed by atoms with Crippen LogP contribution in [0.25, 0.3) is 0 Å². The molecule has 1 saturated heterocycles. The number of hydrogen-bond donors (Lipinski definition) is 0. The number of carbonyl (C=O) groups excluding carboxylic acids is 1. The first-order valence-electron chi connectivity index (χ1n) is 11.6. The fourth-order valence-electron chi connectivity index (χ4n) is 4.94. The highest BCUT2D eigenvalue weighted by Crippen LogP contribution is 2.32. The van der Waals surface area contributed by atoms with E-state index >= 15 is 0 Å². The smallest absolute Gasteiger partial charge is 0.257 e. The van der Waals surface area contributed by atoms with E-state index in [0.29, 0.717) is 18.7 Å². The standard InChI is InChI=1S/C25H29FN6O/c1-17-22-6-4-11-31(14-18-7-9-21(26)10-8-18)24(22)29-23(28-17)19-5-3-12-32(16-19)25(33)20-13-27-30(2)15-20/h7-10,13,15,19H,3-6,11-12,14,16H2,1-2H3/t19-/m1/s1. The van der Waals surface area contributed by atoms with E-state index in [9.17, 15) is 9.18 Å². The number of piperidine rings is 1. The van der Waals surface area contributed by atoms with Crippen molar-refractivity contribution in [3.8, 4) is 0 Å². The Morgan fingerprint density at radius 1 is 1.15 bits per heavy atom. The Kier molecular flexibility index (Phi) is 5.83. The summed E-state index contributed by atoms with van der Waals surface area (Å²) in [5.41, 5.74) is 3.90. The summed E-state index contributed by atoms with van der Waals surface area (Å²) in [7, 11) is 1.82. The molecular weight excluding hydrogens is 419 g/mol. The van der Waals surface area contributed by atoms with Crippen LogP contribution in [0.5, 0.6) is 0 Å². The molecule has 1 aromatic carbocycles. The monoisotopic (exact) mass is 448 g/mol. The largest absolute Gasteiger partial charge is 0.352 e. The van der Waals surface area contributed by atoms with Crippen molar-refractivity contribution < 1.29 is 9.18 Å². The fraction of sp³-hybridized carbons (Fsp3) is 0.440. The molecule has 1 atom stereocenters. The SMILES string of the molecule is Cc1nc([C@@H]2CCCN(C(=O)c3cnn(C)c3)C2)nc2c1CCCN2Cc1ccc(F)cc1. The molecule has 3 aromatic rings. The molecule has 0 N–H and O–H groups in total. The highest BCUT2D eigenvalue weighted by Gasteiger charge is 2.30. The van der Waals surface area contributed by atoms with Gasteiger partial charge in [0.05, 0.1) is 11.8 Å². The summed E-state index contributed by atoms with van der Waals surface area (Å²) in [6, 6.07) is 6.68. The first kappa shape index (κ1) is 21.6. The van der Waals surface area contributed by atoms with Crippen molar-refractivity contribution >= 4 is 11.7 Å². The lowest BCUT2D eigenvalue weighted by Crippen LogP contribution is -2.40. The zero-order chi connectivity index (χ0) is 22.9. The van der Waals surface area contributed by atoms with Gasteiger partial charge < -0.3 is 9.80 Å². The second-order valence-corrected chi connectivity index (χ2v) is 9.11. The van der Waals surface area contributed by atoms with E-state index in [2.05, 4.69) is 16.9 Å². The maximum Gasteiger partial charge on any atom is 0.257 e. The second kappa shape index (κ2) is 8.92. The number of anilines is 1. The number of amides is 1. The van der Waals surface area contributed by atoms with Crippen LogP contribution >= 0.6 is 0 Å². The molecule has 7 nitrogen and oxygen atoms in total. The van der Waals surface area contributed by atoms with Gasteiger partial charge in [-0.25, -0.2) is 14.4 Å². The summed E-state index contributed by atoms with van der Waals surface area (Å²) in [6.07, 6.45) is 7.30. The van der Waals surface area contributed by atoms with Gasteiger partial charge in [-0.05, 0) is 50.3 Å². The van der Waals surface area contributed by atoms with E-state index in [1.54, 1.807) is 17.1 Å². The Bertz CT molecular complexity index is 1160.